The second-order valence-corrected chi connectivity index (χ2v) is 8.71. The van der Waals surface area contributed by atoms with Crippen molar-refractivity contribution in [3.63, 3.8) is 0 Å². The number of nitrogens with one attached hydrogen (secondary N) is 1. The molecular weight excluding hydrogens is 529 g/mol. The summed E-state index contributed by atoms with van der Waals surface area (Å²) in [5, 5.41) is 1.59. The number of methoxy groups -OCH3 is 2. The molecule has 0 atom stereocenters. The fraction of sp³-hybridized carbons (Fsp3) is 0.0769. The van der Waals surface area contributed by atoms with Crippen LogP contribution in [0.2, 0.25) is 0 Å². The summed E-state index contributed by atoms with van der Waals surface area (Å²) < 4.78 is 13.4. The minimum absolute atomic E-state index is 0.132. The highest BCUT2D eigenvalue weighted by molar-refractivity contribution is 14.1. The molecule has 0 aliphatic carbocycles. The third-order valence-electron chi connectivity index (χ3n) is 5.50. The average Bonchev–Trinajstić information content (AvgIpc) is 3.25. The van der Waals surface area contributed by atoms with E-state index in [-0.39, 0.29) is 5.56 Å². The topological polar surface area (TPSA) is 69.1 Å². The van der Waals surface area contributed by atoms with E-state index in [9.17, 15) is 4.79 Å². The number of ether oxygens (including phenoxy) is 2. The van der Waals surface area contributed by atoms with Gasteiger partial charge in [0.1, 0.15) is 17.3 Å². The highest BCUT2D eigenvalue weighted by Crippen LogP contribution is 2.26. The quantitative estimate of drug-likeness (QED) is 0.288. The Bertz CT molecular complexity index is 1580. The molecular formula is C26H20IN3O3. The van der Waals surface area contributed by atoms with E-state index in [1.165, 1.54) is 0 Å². The molecule has 0 saturated heterocycles. The second kappa shape index (κ2) is 8.74. The maximum atomic E-state index is 13.6. The lowest BCUT2D eigenvalue weighted by Crippen LogP contribution is -2.22. The van der Waals surface area contributed by atoms with Crippen molar-refractivity contribution in [2.45, 2.75) is 0 Å². The summed E-state index contributed by atoms with van der Waals surface area (Å²) >= 11 is 2.20. The molecule has 2 heterocycles. The van der Waals surface area contributed by atoms with Crippen LogP contribution in [0.15, 0.2) is 71.7 Å². The normalized spacial score (nSPS) is 11.5. The number of rotatable bonds is 5. The fourth-order valence-electron chi connectivity index (χ4n) is 3.84. The summed E-state index contributed by atoms with van der Waals surface area (Å²) in [6.45, 7) is 0. The molecule has 2 aromatic heterocycles. The molecule has 0 aliphatic heterocycles. The van der Waals surface area contributed by atoms with Gasteiger partial charge in [-0.15, -0.1) is 0 Å². The molecule has 5 aromatic rings. The largest absolute Gasteiger partial charge is 0.497 e. The number of H-pyrrole nitrogens is 1. The lowest BCUT2D eigenvalue weighted by Gasteiger charge is -2.12. The first-order valence-electron chi connectivity index (χ1n) is 10.3. The first-order chi connectivity index (χ1) is 16.1. The van der Waals surface area contributed by atoms with Crippen LogP contribution in [0.1, 0.15) is 11.4 Å². The van der Waals surface area contributed by atoms with Crippen molar-refractivity contribution in [1.29, 1.82) is 0 Å². The molecule has 0 radical (unpaired) electrons. The van der Waals surface area contributed by atoms with Crippen LogP contribution in [0.25, 0.3) is 39.6 Å². The van der Waals surface area contributed by atoms with E-state index in [1.54, 1.807) is 18.8 Å². The third-order valence-corrected chi connectivity index (χ3v) is 6.17. The molecule has 6 nitrogen and oxygen atoms in total. The van der Waals surface area contributed by atoms with Gasteiger partial charge in [0.2, 0.25) is 0 Å². The molecule has 0 unspecified atom stereocenters. The van der Waals surface area contributed by atoms with Crippen molar-refractivity contribution in [3.05, 3.63) is 92.2 Å². The number of fused-ring (bicyclic) bond motifs is 2. The van der Waals surface area contributed by atoms with Gasteiger partial charge >= 0.3 is 0 Å². The van der Waals surface area contributed by atoms with Crippen LogP contribution in [0.4, 0.5) is 0 Å². The lowest BCUT2D eigenvalue weighted by molar-refractivity contribution is 0.414. The van der Waals surface area contributed by atoms with E-state index in [0.29, 0.717) is 28.2 Å². The minimum atomic E-state index is -0.132. The Kier molecular flexibility index (Phi) is 5.63. The van der Waals surface area contributed by atoms with Crippen LogP contribution in [-0.4, -0.2) is 28.8 Å². The Morgan fingerprint density at radius 2 is 1.76 bits per heavy atom. The molecule has 0 saturated carbocycles. The Morgan fingerprint density at radius 1 is 0.939 bits per heavy atom. The molecule has 1 N–H and O–H groups in total. The molecule has 0 amide bonds. The molecule has 0 spiro atoms. The van der Waals surface area contributed by atoms with Crippen LogP contribution < -0.4 is 15.0 Å². The zero-order valence-electron chi connectivity index (χ0n) is 18.0. The van der Waals surface area contributed by atoms with E-state index >= 15 is 0 Å². The summed E-state index contributed by atoms with van der Waals surface area (Å²) in [7, 11) is 3.26. The van der Waals surface area contributed by atoms with Crippen molar-refractivity contribution in [2.75, 3.05) is 14.2 Å². The number of benzene rings is 3. The van der Waals surface area contributed by atoms with Gasteiger partial charge in [0.25, 0.3) is 5.56 Å². The van der Waals surface area contributed by atoms with Gasteiger partial charge in [0.15, 0.2) is 0 Å². The number of hydrogen-bond donors (Lipinski definition) is 1. The molecule has 0 fully saturated rings. The van der Waals surface area contributed by atoms with E-state index in [1.807, 2.05) is 79.0 Å². The van der Waals surface area contributed by atoms with Crippen molar-refractivity contribution >= 4 is 56.5 Å². The molecule has 3 aromatic carbocycles. The monoisotopic (exact) mass is 549 g/mol. The molecule has 33 heavy (non-hydrogen) atoms. The number of aromatic amines is 1. The van der Waals surface area contributed by atoms with Crippen LogP contribution in [0.3, 0.4) is 0 Å². The van der Waals surface area contributed by atoms with E-state index in [0.717, 1.165) is 25.8 Å². The molecule has 7 heteroatoms. The Morgan fingerprint density at radius 3 is 2.58 bits per heavy atom. The predicted octanol–water partition coefficient (Wildman–Crippen LogP) is 5.66. The zero-order valence-corrected chi connectivity index (χ0v) is 20.2. The van der Waals surface area contributed by atoms with Gasteiger partial charge in [-0.3, -0.25) is 9.36 Å². The average molecular weight is 549 g/mol. The first kappa shape index (κ1) is 21.3. The van der Waals surface area contributed by atoms with E-state index in [4.69, 9.17) is 14.5 Å². The van der Waals surface area contributed by atoms with Crippen LogP contribution in [0, 0.1) is 3.57 Å². The van der Waals surface area contributed by atoms with Gasteiger partial charge in [0.05, 0.1) is 30.8 Å². The molecule has 5 rings (SSSR count). The van der Waals surface area contributed by atoms with Gasteiger partial charge in [-0.05, 0) is 83.3 Å². The Hall–Kier alpha value is -3.59. The van der Waals surface area contributed by atoms with Crippen LogP contribution >= 0.6 is 22.6 Å². The van der Waals surface area contributed by atoms with Crippen molar-refractivity contribution in [3.8, 4) is 17.2 Å². The zero-order chi connectivity index (χ0) is 22.9. The number of hydrogen-bond acceptors (Lipinski definition) is 4. The lowest BCUT2D eigenvalue weighted by atomic mass is 10.1. The maximum Gasteiger partial charge on any atom is 0.266 e. The Balaban J connectivity index is 1.72. The SMILES string of the molecule is COc1cccc(-n2c(C=Cc3c[nH]c4ccc(OC)cc34)nc3ccc(I)cc3c2=O)c1. The van der Waals surface area contributed by atoms with Gasteiger partial charge < -0.3 is 14.5 Å². The second-order valence-electron chi connectivity index (χ2n) is 7.46. The molecule has 164 valence electrons. The van der Waals surface area contributed by atoms with Gasteiger partial charge in [0, 0.05) is 32.3 Å². The standard InChI is InChI=1S/C26H20IN3O3/c1-32-19-5-3-4-18(13-19)30-25(29-24-9-7-17(27)12-22(24)26(30)31)11-6-16-15-28-23-10-8-20(33-2)14-21(16)23/h3-15,28H,1-2H3. The first-order valence-corrected chi connectivity index (χ1v) is 11.4. The fourth-order valence-corrected chi connectivity index (χ4v) is 4.33. The highest BCUT2D eigenvalue weighted by Gasteiger charge is 2.13. The van der Waals surface area contributed by atoms with E-state index in [2.05, 4.69) is 27.6 Å². The predicted molar refractivity (Wildman–Crippen MR) is 140 cm³/mol. The summed E-state index contributed by atoms with van der Waals surface area (Å²) in [5.74, 6) is 1.98. The molecule has 0 aliphatic rings. The van der Waals surface area contributed by atoms with Gasteiger partial charge in [-0.1, -0.05) is 6.07 Å². The summed E-state index contributed by atoms with van der Waals surface area (Å²) in [5.41, 5.74) is 3.18. The maximum absolute atomic E-state index is 13.6. The van der Waals surface area contributed by atoms with Crippen molar-refractivity contribution in [1.82, 2.24) is 14.5 Å². The number of nitrogens with zero attached hydrogens (tertiary/aromatic N) is 2. The van der Waals surface area contributed by atoms with Crippen LogP contribution in [-0.2, 0) is 0 Å². The highest BCUT2D eigenvalue weighted by atomic mass is 127. The van der Waals surface area contributed by atoms with Gasteiger partial charge in [-0.25, -0.2) is 4.98 Å². The summed E-state index contributed by atoms with van der Waals surface area (Å²) in [6, 6.07) is 19.0. The Labute approximate surface area is 203 Å². The van der Waals surface area contributed by atoms with Crippen molar-refractivity contribution < 1.29 is 9.47 Å². The van der Waals surface area contributed by atoms with Gasteiger partial charge in [-0.2, -0.15) is 0 Å². The summed E-state index contributed by atoms with van der Waals surface area (Å²) in [6.07, 6.45) is 5.74. The van der Waals surface area contributed by atoms with Crippen LogP contribution in [0.5, 0.6) is 11.5 Å². The smallest absolute Gasteiger partial charge is 0.266 e. The third kappa shape index (κ3) is 4.00. The molecule has 0 bridgehead atoms. The number of aromatic nitrogens is 3. The number of halogens is 1. The summed E-state index contributed by atoms with van der Waals surface area (Å²) in [4.78, 5) is 21.7. The van der Waals surface area contributed by atoms with Crippen molar-refractivity contribution in [2.24, 2.45) is 0 Å². The minimum Gasteiger partial charge on any atom is -0.497 e. The van der Waals surface area contributed by atoms with E-state index < -0.39 is 0 Å².